The fourth-order valence-corrected chi connectivity index (χ4v) is 3.90. The van der Waals surface area contributed by atoms with Crippen molar-refractivity contribution in [1.82, 2.24) is 5.32 Å². The highest BCUT2D eigenvalue weighted by atomic mass is 32.2. The van der Waals surface area contributed by atoms with Crippen LogP contribution in [0.3, 0.4) is 0 Å². The van der Waals surface area contributed by atoms with E-state index in [1.54, 1.807) is 6.20 Å². The maximum atomic E-state index is 11.8. The van der Waals surface area contributed by atoms with Gasteiger partial charge in [-0.3, -0.25) is 4.79 Å². The van der Waals surface area contributed by atoms with E-state index in [2.05, 4.69) is 29.3 Å². The minimum atomic E-state index is -0.156. The summed E-state index contributed by atoms with van der Waals surface area (Å²) < 4.78 is 0. The highest BCUT2D eigenvalue weighted by Gasteiger charge is 2.26. The Morgan fingerprint density at radius 3 is 2.79 bits per heavy atom. The summed E-state index contributed by atoms with van der Waals surface area (Å²) in [5.74, 6) is -0.132. The Morgan fingerprint density at radius 1 is 1.32 bits per heavy atom. The lowest BCUT2D eigenvalue weighted by Gasteiger charge is -2.16. The number of hydrogen-bond donors (Lipinski definition) is 4. The molecule has 0 spiro atoms. The first kappa shape index (κ1) is 20.0. The number of carbonyl (C=O) groups is 1. The van der Waals surface area contributed by atoms with Crippen LogP contribution in [0.2, 0.25) is 0 Å². The van der Waals surface area contributed by atoms with Gasteiger partial charge < -0.3 is 22.1 Å². The topological polar surface area (TPSA) is 93.2 Å². The van der Waals surface area contributed by atoms with E-state index in [1.165, 1.54) is 17.3 Å². The van der Waals surface area contributed by atoms with E-state index < -0.39 is 0 Å². The number of hydrogen-bond acceptors (Lipinski definition) is 5. The maximum Gasteiger partial charge on any atom is 0.231 e. The number of fused-ring (bicyclic) bond motifs is 1. The standard InChI is InChI=1S/C22H26N4OS/c1-14-19-11-17(8-9-20(19)26-22(14)27)21(12-23)28-15(2)25-13-18(24)10-16-6-4-3-5-7-16/h3-9,11-12,14,18,25H,2,10,13,23-24H2,1H3,(H,26,27)/b21-12-/t14?,18-/m0/s1. The van der Waals surface area contributed by atoms with Gasteiger partial charge in [0.05, 0.1) is 10.9 Å². The van der Waals surface area contributed by atoms with Crippen molar-refractivity contribution in [3.05, 3.63) is 83.0 Å². The molecule has 1 unspecified atom stereocenters. The van der Waals surface area contributed by atoms with Gasteiger partial charge in [0.25, 0.3) is 0 Å². The molecule has 3 rings (SSSR count). The molecule has 1 heterocycles. The van der Waals surface area contributed by atoms with E-state index in [4.69, 9.17) is 11.5 Å². The Balaban J connectivity index is 1.56. The molecule has 1 amide bonds. The molecule has 6 N–H and O–H groups in total. The van der Waals surface area contributed by atoms with Gasteiger partial charge in [-0.2, -0.15) is 0 Å². The first-order chi connectivity index (χ1) is 13.5. The van der Waals surface area contributed by atoms with Crippen molar-refractivity contribution in [2.75, 3.05) is 11.9 Å². The largest absolute Gasteiger partial charge is 0.404 e. The highest BCUT2D eigenvalue weighted by molar-refractivity contribution is 8.11. The Hall–Kier alpha value is -2.70. The third-order valence-electron chi connectivity index (χ3n) is 4.74. The average Bonchev–Trinajstić information content (AvgIpc) is 2.99. The molecule has 1 aliphatic heterocycles. The van der Waals surface area contributed by atoms with Crippen LogP contribution >= 0.6 is 11.8 Å². The van der Waals surface area contributed by atoms with Crippen molar-refractivity contribution in [3.8, 4) is 0 Å². The first-order valence-electron chi connectivity index (χ1n) is 9.25. The lowest BCUT2D eigenvalue weighted by molar-refractivity contribution is -0.116. The van der Waals surface area contributed by atoms with Crippen LogP contribution in [0.25, 0.3) is 4.91 Å². The van der Waals surface area contributed by atoms with Crippen molar-refractivity contribution >= 4 is 28.3 Å². The molecule has 0 saturated carbocycles. The molecule has 2 aromatic carbocycles. The van der Waals surface area contributed by atoms with Crippen LogP contribution in [-0.4, -0.2) is 18.5 Å². The quantitative estimate of drug-likeness (QED) is 0.551. The smallest absolute Gasteiger partial charge is 0.231 e. The van der Waals surface area contributed by atoms with E-state index in [0.717, 1.165) is 33.2 Å². The van der Waals surface area contributed by atoms with Crippen LogP contribution in [-0.2, 0) is 11.2 Å². The number of nitrogens with two attached hydrogens (primary N) is 2. The second-order valence-electron chi connectivity index (χ2n) is 6.90. The van der Waals surface area contributed by atoms with Crippen molar-refractivity contribution in [2.24, 2.45) is 11.5 Å². The van der Waals surface area contributed by atoms with E-state index in [1.807, 2.05) is 43.3 Å². The van der Waals surface area contributed by atoms with Crippen LogP contribution in [0.15, 0.2) is 66.3 Å². The molecule has 2 aromatic rings. The lowest BCUT2D eigenvalue weighted by Crippen LogP contribution is -2.34. The molecule has 5 nitrogen and oxygen atoms in total. The summed E-state index contributed by atoms with van der Waals surface area (Å²) in [6.07, 6.45) is 2.37. The summed E-state index contributed by atoms with van der Waals surface area (Å²) >= 11 is 1.46. The van der Waals surface area contributed by atoms with Gasteiger partial charge in [0, 0.05) is 29.4 Å². The number of nitrogens with one attached hydrogen (secondary N) is 2. The van der Waals surface area contributed by atoms with Crippen molar-refractivity contribution in [1.29, 1.82) is 0 Å². The summed E-state index contributed by atoms with van der Waals surface area (Å²) in [7, 11) is 0. The van der Waals surface area contributed by atoms with Crippen molar-refractivity contribution < 1.29 is 4.79 Å². The molecular formula is C22H26N4OS. The van der Waals surface area contributed by atoms with Gasteiger partial charge in [-0.25, -0.2) is 0 Å². The van der Waals surface area contributed by atoms with Crippen molar-refractivity contribution in [2.45, 2.75) is 25.3 Å². The van der Waals surface area contributed by atoms with Gasteiger partial charge >= 0.3 is 0 Å². The molecule has 146 valence electrons. The van der Waals surface area contributed by atoms with Crippen LogP contribution in [0, 0.1) is 0 Å². The predicted octanol–water partition coefficient (Wildman–Crippen LogP) is 3.36. The zero-order valence-corrected chi connectivity index (χ0v) is 16.8. The van der Waals surface area contributed by atoms with E-state index in [-0.39, 0.29) is 17.9 Å². The predicted molar refractivity (Wildman–Crippen MR) is 119 cm³/mol. The Kier molecular flexibility index (Phi) is 6.44. The molecule has 1 aliphatic rings. The van der Waals surface area contributed by atoms with Gasteiger partial charge in [-0.1, -0.05) is 54.7 Å². The third-order valence-corrected chi connectivity index (χ3v) is 5.72. The molecule has 0 aliphatic carbocycles. The van der Waals surface area contributed by atoms with Gasteiger partial charge in [0.15, 0.2) is 0 Å². The van der Waals surface area contributed by atoms with Crippen LogP contribution in [0.5, 0.6) is 0 Å². The molecule has 0 bridgehead atoms. The average molecular weight is 395 g/mol. The maximum absolute atomic E-state index is 11.8. The highest BCUT2D eigenvalue weighted by Crippen LogP contribution is 2.37. The second-order valence-corrected chi connectivity index (χ2v) is 8.04. The van der Waals surface area contributed by atoms with Gasteiger partial charge in [-0.05, 0) is 42.2 Å². The van der Waals surface area contributed by atoms with Crippen molar-refractivity contribution in [3.63, 3.8) is 0 Å². The minimum absolute atomic E-state index is 0.0111. The number of anilines is 1. The molecule has 0 saturated heterocycles. The number of rotatable bonds is 8. The molecule has 0 fully saturated rings. The molecule has 2 atom stereocenters. The Labute approximate surface area is 170 Å². The summed E-state index contributed by atoms with van der Waals surface area (Å²) in [5, 5.41) is 6.95. The number of thioether (sulfide) groups is 1. The summed E-state index contributed by atoms with van der Waals surface area (Å²) in [6, 6.07) is 16.1. The fourth-order valence-electron chi connectivity index (χ4n) is 3.16. The Bertz CT molecular complexity index is 895. The molecule has 0 aromatic heterocycles. The normalized spacial score (nSPS) is 17.0. The summed E-state index contributed by atoms with van der Waals surface area (Å²) in [5.41, 5.74) is 16.1. The zero-order chi connectivity index (χ0) is 20.1. The minimum Gasteiger partial charge on any atom is -0.404 e. The monoisotopic (exact) mass is 394 g/mol. The summed E-state index contributed by atoms with van der Waals surface area (Å²) in [4.78, 5) is 12.7. The summed E-state index contributed by atoms with van der Waals surface area (Å²) in [6.45, 7) is 6.60. The van der Waals surface area contributed by atoms with E-state index in [9.17, 15) is 4.79 Å². The molecule has 6 heteroatoms. The van der Waals surface area contributed by atoms with Gasteiger partial charge in [0.1, 0.15) is 0 Å². The second kappa shape index (κ2) is 8.99. The van der Waals surface area contributed by atoms with Gasteiger partial charge in [0.2, 0.25) is 5.91 Å². The van der Waals surface area contributed by atoms with Crippen LogP contribution in [0.4, 0.5) is 5.69 Å². The first-order valence-corrected chi connectivity index (χ1v) is 10.1. The SMILES string of the molecule is C=C(NC[C@@H](N)Cc1ccccc1)S/C(=C\N)c1ccc2c(c1)C(C)C(=O)N2. The van der Waals surface area contributed by atoms with Crippen LogP contribution in [0.1, 0.15) is 29.5 Å². The zero-order valence-electron chi connectivity index (χ0n) is 15.9. The number of amides is 1. The van der Waals surface area contributed by atoms with E-state index in [0.29, 0.717) is 6.54 Å². The van der Waals surface area contributed by atoms with Crippen LogP contribution < -0.4 is 22.1 Å². The molecular weight excluding hydrogens is 368 g/mol. The molecule has 0 radical (unpaired) electrons. The van der Waals surface area contributed by atoms with Gasteiger partial charge in [-0.15, -0.1) is 0 Å². The lowest BCUT2D eigenvalue weighted by atomic mass is 10.0. The Morgan fingerprint density at radius 2 is 2.07 bits per heavy atom. The van der Waals surface area contributed by atoms with E-state index >= 15 is 0 Å². The number of carbonyl (C=O) groups excluding carboxylic acids is 1. The third kappa shape index (κ3) is 4.77. The number of benzene rings is 2. The molecule has 28 heavy (non-hydrogen) atoms. The fraction of sp³-hybridized carbons (Fsp3) is 0.227.